The predicted molar refractivity (Wildman–Crippen MR) is 72.7 cm³/mol. The summed E-state index contributed by atoms with van der Waals surface area (Å²) >= 11 is 0. The van der Waals surface area contributed by atoms with Crippen molar-refractivity contribution >= 4 is 5.95 Å². The van der Waals surface area contributed by atoms with E-state index in [1.165, 1.54) is 5.70 Å². The highest BCUT2D eigenvalue weighted by molar-refractivity contribution is 5.23. The van der Waals surface area contributed by atoms with E-state index < -0.39 is 0 Å². The summed E-state index contributed by atoms with van der Waals surface area (Å²) in [5.41, 5.74) is 1.02. The lowest BCUT2D eigenvalue weighted by Gasteiger charge is -2.12. The first-order valence-corrected chi connectivity index (χ1v) is 6.51. The number of nitrogens with zero attached hydrogens (tertiary/aromatic N) is 3. The van der Waals surface area contributed by atoms with Gasteiger partial charge >= 0.3 is 5.69 Å². The van der Waals surface area contributed by atoms with Crippen LogP contribution in [0.3, 0.4) is 0 Å². The zero-order valence-electron chi connectivity index (χ0n) is 10.8. The summed E-state index contributed by atoms with van der Waals surface area (Å²) in [7, 11) is 1.70. The third-order valence-electron chi connectivity index (χ3n) is 3.62. The summed E-state index contributed by atoms with van der Waals surface area (Å²) < 4.78 is 1.56. The topological polar surface area (TPSA) is 71.8 Å². The van der Waals surface area contributed by atoms with Gasteiger partial charge in [0, 0.05) is 31.2 Å². The van der Waals surface area contributed by atoms with Gasteiger partial charge in [-0.3, -0.25) is 4.57 Å². The average Bonchev–Trinajstić information content (AvgIpc) is 2.83. The molecule has 0 bridgehead atoms. The van der Waals surface area contributed by atoms with Crippen LogP contribution in [0.5, 0.6) is 0 Å². The molecule has 2 aliphatic rings. The van der Waals surface area contributed by atoms with E-state index in [0.29, 0.717) is 18.4 Å². The maximum Gasteiger partial charge on any atom is 0.352 e. The molecule has 1 aliphatic carbocycles. The Labute approximate surface area is 111 Å². The summed E-state index contributed by atoms with van der Waals surface area (Å²) in [4.78, 5) is 19.7. The molecule has 3 rings (SSSR count). The largest absolute Gasteiger partial charge is 0.384 e. The molecule has 0 radical (unpaired) electrons. The number of hydrogen-bond donors (Lipinski definition) is 2. The zero-order chi connectivity index (χ0) is 13.2. The summed E-state index contributed by atoms with van der Waals surface area (Å²) in [6.45, 7) is 0.608. The average molecular weight is 259 g/mol. The molecule has 2 N–H and O–H groups in total. The van der Waals surface area contributed by atoms with Gasteiger partial charge < -0.3 is 10.6 Å². The lowest BCUT2D eigenvalue weighted by Crippen LogP contribution is -2.33. The first kappa shape index (κ1) is 12.0. The minimum Gasteiger partial charge on any atom is -0.384 e. The smallest absolute Gasteiger partial charge is 0.352 e. The van der Waals surface area contributed by atoms with Crippen molar-refractivity contribution < 1.29 is 0 Å². The second-order valence-electron chi connectivity index (χ2n) is 4.92. The van der Waals surface area contributed by atoms with Crippen LogP contribution < -0.4 is 16.3 Å². The molecular weight excluding hydrogens is 242 g/mol. The quantitative estimate of drug-likeness (QED) is 0.827. The van der Waals surface area contributed by atoms with E-state index in [0.717, 1.165) is 12.8 Å². The van der Waals surface area contributed by atoms with E-state index in [4.69, 9.17) is 0 Å². The fourth-order valence-electron chi connectivity index (χ4n) is 2.67. The highest BCUT2D eigenvalue weighted by atomic mass is 16.1. The van der Waals surface area contributed by atoms with Crippen molar-refractivity contribution in [3.63, 3.8) is 0 Å². The van der Waals surface area contributed by atoms with Crippen LogP contribution in [-0.2, 0) is 6.54 Å². The van der Waals surface area contributed by atoms with Gasteiger partial charge in [0.25, 0.3) is 0 Å². The second kappa shape index (κ2) is 4.87. The highest BCUT2D eigenvalue weighted by Gasteiger charge is 2.28. The third kappa shape index (κ3) is 2.38. The fourth-order valence-corrected chi connectivity index (χ4v) is 2.67. The van der Waals surface area contributed by atoms with Crippen LogP contribution in [0.1, 0.15) is 12.8 Å². The van der Waals surface area contributed by atoms with E-state index in [1.807, 2.05) is 0 Å². The fraction of sp³-hybridized carbons (Fsp3) is 0.462. The molecule has 1 fully saturated rings. The number of anilines is 1. The van der Waals surface area contributed by atoms with Crippen molar-refractivity contribution in [1.82, 2.24) is 19.9 Å². The van der Waals surface area contributed by atoms with Crippen LogP contribution in [0.25, 0.3) is 0 Å². The van der Waals surface area contributed by atoms with Gasteiger partial charge in [0.15, 0.2) is 0 Å². The standard InChI is InChI=1S/C13H17N5O/c1-14-12-15-8-18(13(19)17-12)7-10-6-9-4-2-3-5-11(9)16-10/h2-3,5,8-10,16H,4,6-7H2,1H3,(H,14,17,19). The molecular formula is C13H17N5O. The zero-order valence-corrected chi connectivity index (χ0v) is 10.8. The van der Waals surface area contributed by atoms with Crippen LogP contribution in [0.2, 0.25) is 0 Å². The van der Waals surface area contributed by atoms with Crippen molar-refractivity contribution in [3.05, 3.63) is 40.7 Å². The maximum atomic E-state index is 11.8. The van der Waals surface area contributed by atoms with Crippen molar-refractivity contribution in [2.45, 2.75) is 25.4 Å². The monoisotopic (exact) mass is 259 g/mol. The highest BCUT2D eigenvalue weighted by Crippen LogP contribution is 2.30. The molecule has 19 heavy (non-hydrogen) atoms. The lowest BCUT2D eigenvalue weighted by molar-refractivity contribution is 0.474. The third-order valence-corrected chi connectivity index (χ3v) is 3.62. The van der Waals surface area contributed by atoms with Gasteiger partial charge in [0.05, 0.1) is 0 Å². The molecule has 1 aliphatic heterocycles. The number of aromatic nitrogens is 3. The van der Waals surface area contributed by atoms with Gasteiger partial charge in [-0.1, -0.05) is 12.2 Å². The minimum absolute atomic E-state index is 0.261. The number of allylic oxidation sites excluding steroid dienone is 4. The molecule has 0 amide bonds. The molecule has 0 saturated carbocycles. The van der Waals surface area contributed by atoms with Gasteiger partial charge in [-0.2, -0.15) is 4.98 Å². The van der Waals surface area contributed by atoms with Crippen LogP contribution in [0.15, 0.2) is 35.0 Å². The summed E-state index contributed by atoms with van der Waals surface area (Å²) in [5, 5.41) is 6.24. The molecule has 1 aromatic heterocycles. The van der Waals surface area contributed by atoms with E-state index in [1.54, 1.807) is 17.9 Å². The van der Waals surface area contributed by atoms with Gasteiger partial charge in [-0.05, 0) is 18.9 Å². The first-order valence-electron chi connectivity index (χ1n) is 6.51. The minimum atomic E-state index is -0.261. The molecule has 1 aromatic rings. The predicted octanol–water partition coefficient (Wildman–Crippen LogP) is 0.502. The van der Waals surface area contributed by atoms with Crippen molar-refractivity contribution in [2.24, 2.45) is 5.92 Å². The Kier molecular flexibility index (Phi) is 3.06. The van der Waals surface area contributed by atoms with Crippen LogP contribution in [0.4, 0.5) is 5.95 Å². The normalized spacial score (nSPS) is 24.6. The SMILES string of the molecule is CNc1ncn(CC2CC3CC=CC=C3N2)c(=O)n1. The van der Waals surface area contributed by atoms with Crippen molar-refractivity contribution in [1.29, 1.82) is 0 Å². The van der Waals surface area contributed by atoms with E-state index in [-0.39, 0.29) is 11.7 Å². The molecule has 2 atom stereocenters. The number of fused-ring (bicyclic) bond motifs is 1. The molecule has 1 saturated heterocycles. The number of hydrogen-bond acceptors (Lipinski definition) is 5. The molecule has 100 valence electrons. The maximum absolute atomic E-state index is 11.8. The molecule has 0 aromatic carbocycles. The number of nitrogens with one attached hydrogen (secondary N) is 2. The number of rotatable bonds is 3. The van der Waals surface area contributed by atoms with Crippen molar-refractivity contribution in [2.75, 3.05) is 12.4 Å². The Bertz CT molecular complexity index is 589. The van der Waals surface area contributed by atoms with E-state index in [9.17, 15) is 4.79 Å². The van der Waals surface area contributed by atoms with Crippen LogP contribution in [0, 0.1) is 5.92 Å². The Morgan fingerprint density at radius 2 is 2.47 bits per heavy atom. The van der Waals surface area contributed by atoms with Crippen molar-refractivity contribution in [3.8, 4) is 0 Å². The van der Waals surface area contributed by atoms with Gasteiger partial charge in [0.1, 0.15) is 6.33 Å². The Hall–Kier alpha value is -2.11. The Morgan fingerprint density at radius 1 is 1.58 bits per heavy atom. The van der Waals surface area contributed by atoms with Gasteiger partial charge in [0.2, 0.25) is 5.95 Å². The summed E-state index contributed by atoms with van der Waals surface area (Å²) in [6, 6.07) is 0.276. The lowest BCUT2D eigenvalue weighted by atomic mass is 9.96. The molecule has 0 spiro atoms. The first-order chi connectivity index (χ1) is 9.26. The molecule has 6 heteroatoms. The van der Waals surface area contributed by atoms with Crippen LogP contribution in [-0.4, -0.2) is 27.6 Å². The molecule has 6 nitrogen and oxygen atoms in total. The molecule has 2 unspecified atom stereocenters. The Morgan fingerprint density at radius 3 is 3.21 bits per heavy atom. The Balaban J connectivity index is 1.71. The van der Waals surface area contributed by atoms with Crippen LogP contribution >= 0.6 is 0 Å². The summed E-state index contributed by atoms with van der Waals surface area (Å²) in [6.07, 6.45) is 10.1. The van der Waals surface area contributed by atoms with E-state index in [2.05, 4.69) is 38.8 Å². The van der Waals surface area contributed by atoms with Gasteiger partial charge in [-0.15, -0.1) is 0 Å². The molecule has 2 heterocycles. The van der Waals surface area contributed by atoms with Gasteiger partial charge in [-0.25, -0.2) is 9.78 Å². The van der Waals surface area contributed by atoms with E-state index >= 15 is 0 Å². The summed E-state index contributed by atoms with van der Waals surface area (Å²) in [5.74, 6) is 0.935. The second-order valence-corrected chi connectivity index (χ2v) is 4.92.